The third-order valence-electron chi connectivity index (χ3n) is 6.85. The molecular weight excluding hydrogens is 412 g/mol. The van der Waals surface area contributed by atoms with Gasteiger partial charge in [-0.15, -0.1) is 0 Å². The topological polar surface area (TPSA) is 56.5 Å². The molecule has 1 aromatic heterocycles. The van der Waals surface area contributed by atoms with Crippen molar-refractivity contribution in [2.24, 2.45) is 10.8 Å². The van der Waals surface area contributed by atoms with Crippen LogP contribution in [0.1, 0.15) is 52.7 Å². The zero-order valence-electron chi connectivity index (χ0n) is 20.2. The number of hydrogen-bond acceptors (Lipinski definition) is 4. The molecule has 0 saturated carbocycles. The number of benzene rings is 2. The molecule has 4 heteroatoms. The molecule has 0 N–H and O–H groups in total. The highest BCUT2D eigenvalue weighted by molar-refractivity contribution is 6.12. The van der Waals surface area contributed by atoms with Crippen molar-refractivity contribution in [1.82, 2.24) is 0 Å². The van der Waals surface area contributed by atoms with E-state index in [1.54, 1.807) is 6.07 Å². The number of ketones is 1. The summed E-state index contributed by atoms with van der Waals surface area (Å²) in [5.74, 6) is 0.0832. The summed E-state index contributed by atoms with van der Waals surface area (Å²) < 4.78 is 12.1. The second kappa shape index (κ2) is 7.01. The summed E-state index contributed by atoms with van der Waals surface area (Å²) in [4.78, 5) is 26.6. The van der Waals surface area contributed by atoms with Gasteiger partial charge in [0.1, 0.15) is 5.58 Å². The van der Waals surface area contributed by atoms with Crippen LogP contribution in [-0.2, 0) is 21.6 Å². The Morgan fingerprint density at radius 1 is 0.788 bits per heavy atom. The van der Waals surface area contributed by atoms with Crippen LogP contribution in [0, 0.1) is 10.8 Å². The molecule has 3 aromatic rings. The minimum absolute atomic E-state index is 0.0832. The molecule has 4 nitrogen and oxygen atoms in total. The predicted octanol–water partition coefficient (Wildman–Crippen LogP) is 6.24. The van der Waals surface area contributed by atoms with Crippen LogP contribution in [0.25, 0.3) is 21.7 Å². The lowest BCUT2D eigenvalue weighted by atomic mass is 9.63. The minimum atomic E-state index is -0.690. The summed E-state index contributed by atoms with van der Waals surface area (Å²) in [6.07, 6.45) is 4.13. The van der Waals surface area contributed by atoms with Crippen LogP contribution >= 0.6 is 0 Å². The Hall–Kier alpha value is -2.98. The first-order valence-electron chi connectivity index (χ1n) is 11.5. The highest BCUT2D eigenvalue weighted by Gasteiger charge is 2.45. The average Bonchev–Trinajstić information content (AvgIpc) is 2.74. The van der Waals surface area contributed by atoms with E-state index in [9.17, 15) is 9.59 Å². The van der Waals surface area contributed by atoms with Gasteiger partial charge in [-0.2, -0.15) is 0 Å². The van der Waals surface area contributed by atoms with Crippen molar-refractivity contribution in [1.29, 1.82) is 0 Å². The number of carbonyl (C=O) groups is 1. The molecule has 0 fully saturated rings. The fourth-order valence-electron chi connectivity index (χ4n) is 5.19. The zero-order chi connectivity index (χ0) is 23.8. The van der Waals surface area contributed by atoms with E-state index in [1.165, 1.54) is 0 Å². The summed E-state index contributed by atoms with van der Waals surface area (Å²) in [6.45, 7) is 13.2. The summed E-state index contributed by atoms with van der Waals surface area (Å²) in [6, 6.07) is 11.6. The van der Waals surface area contributed by atoms with Gasteiger partial charge in [0.25, 0.3) is 0 Å². The minimum Gasteiger partial charge on any atom is -0.422 e. The molecule has 0 atom stereocenters. The van der Waals surface area contributed by atoms with Gasteiger partial charge in [0.15, 0.2) is 5.78 Å². The van der Waals surface area contributed by atoms with Crippen molar-refractivity contribution in [2.45, 2.75) is 53.6 Å². The normalized spacial score (nSPS) is 18.4. The Kier molecular flexibility index (Phi) is 4.64. The quantitative estimate of drug-likeness (QED) is 0.305. The van der Waals surface area contributed by atoms with Gasteiger partial charge in [0.05, 0.1) is 24.0 Å². The number of fused-ring (bicyclic) bond motifs is 6. The molecule has 0 radical (unpaired) electrons. The van der Waals surface area contributed by atoms with Gasteiger partial charge in [-0.05, 0) is 27.8 Å². The molecule has 0 amide bonds. The maximum absolute atomic E-state index is 13.6. The summed E-state index contributed by atoms with van der Waals surface area (Å²) in [5.41, 5.74) is 2.32. The van der Waals surface area contributed by atoms with Gasteiger partial charge in [0.2, 0.25) is 0 Å². The van der Waals surface area contributed by atoms with Crippen LogP contribution in [0.5, 0.6) is 0 Å². The largest absolute Gasteiger partial charge is 0.422 e. The van der Waals surface area contributed by atoms with E-state index in [-0.39, 0.29) is 22.2 Å². The maximum Gasteiger partial charge on any atom is 0.344 e. The fourth-order valence-corrected chi connectivity index (χ4v) is 5.19. The highest BCUT2D eigenvalue weighted by Crippen LogP contribution is 2.48. The predicted molar refractivity (Wildman–Crippen MR) is 131 cm³/mol. The van der Waals surface area contributed by atoms with E-state index in [4.69, 9.17) is 9.15 Å². The lowest BCUT2D eigenvalue weighted by molar-refractivity contribution is -0.114. The molecule has 5 rings (SSSR count). The molecule has 0 saturated heterocycles. The second-order valence-corrected chi connectivity index (χ2v) is 11.4. The molecule has 170 valence electrons. The lowest BCUT2D eigenvalue weighted by Crippen LogP contribution is -2.41. The molecule has 0 unspecified atom stereocenters. The molecule has 0 bridgehead atoms. The average molecular weight is 443 g/mol. The first kappa shape index (κ1) is 21.8. The van der Waals surface area contributed by atoms with E-state index in [0.29, 0.717) is 24.2 Å². The molecule has 2 aromatic carbocycles. The molecule has 2 aliphatic rings. The van der Waals surface area contributed by atoms with Crippen molar-refractivity contribution >= 4 is 27.5 Å². The van der Waals surface area contributed by atoms with Crippen LogP contribution in [0.2, 0.25) is 0 Å². The van der Waals surface area contributed by atoms with E-state index in [1.807, 2.05) is 24.3 Å². The number of allylic oxidation sites excluding steroid dienone is 2. The van der Waals surface area contributed by atoms with Crippen LogP contribution in [-0.4, -0.2) is 12.4 Å². The van der Waals surface area contributed by atoms with Crippen LogP contribution in [0.3, 0.4) is 0 Å². The monoisotopic (exact) mass is 442 g/mol. The van der Waals surface area contributed by atoms with E-state index in [2.05, 4.69) is 59.8 Å². The van der Waals surface area contributed by atoms with E-state index >= 15 is 0 Å². The SMILES string of the molecule is CC(C)(C)C1=CC2(C=C(C(C)(C)C)C1=O)COCc1ccc3c(oc(=O)c4ccccc43)c12. The van der Waals surface area contributed by atoms with Crippen molar-refractivity contribution in [3.8, 4) is 0 Å². The van der Waals surface area contributed by atoms with Crippen LogP contribution < -0.4 is 5.63 Å². The Morgan fingerprint density at radius 3 is 2.00 bits per heavy atom. The number of carbonyl (C=O) groups excluding carboxylic acids is 1. The summed E-state index contributed by atoms with van der Waals surface area (Å²) in [5, 5.41) is 2.35. The maximum atomic E-state index is 13.6. The Balaban J connectivity index is 1.93. The summed E-state index contributed by atoms with van der Waals surface area (Å²) in [7, 11) is 0. The van der Waals surface area contributed by atoms with Gasteiger partial charge >= 0.3 is 5.63 Å². The third kappa shape index (κ3) is 3.31. The van der Waals surface area contributed by atoms with Crippen molar-refractivity contribution in [3.63, 3.8) is 0 Å². The molecule has 1 spiro atoms. The van der Waals surface area contributed by atoms with Crippen molar-refractivity contribution in [2.75, 3.05) is 6.61 Å². The van der Waals surface area contributed by atoms with Crippen LogP contribution in [0.4, 0.5) is 0 Å². The molecule has 33 heavy (non-hydrogen) atoms. The number of hydrogen-bond donors (Lipinski definition) is 0. The number of rotatable bonds is 0. The number of Topliss-reactive ketones (excluding diaryl/α,β-unsaturated/α-hetero) is 1. The molecule has 1 aliphatic heterocycles. The first-order chi connectivity index (χ1) is 15.4. The van der Waals surface area contributed by atoms with Gasteiger partial charge in [0, 0.05) is 22.1 Å². The van der Waals surface area contributed by atoms with Crippen molar-refractivity contribution in [3.05, 3.63) is 81.2 Å². The standard InChI is InChI=1S/C29H30O4/c1-27(2,3)21-13-29(14-22(24(21)30)28(4,5)6)16-32-15-17-11-12-19-18-9-7-8-10-20(18)26(31)33-25(19)23(17)29/h7-14H,15-16H2,1-6H3. The van der Waals surface area contributed by atoms with Gasteiger partial charge in [-0.1, -0.05) is 84.0 Å². The fraction of sp³-hybridized carbons (Fsp3) is 0.379. The first-order valence-corrected chi connectivity index (χ1v) is 11.5. The van der Waals surface area contributed by atoms with Gasteiger partial charge in [-0.3, -0.25) is 4.79 Å². The zero-order valence-corrected chi connectivity index (χ0v) is 20.2. The number of ether oxygens (including phenoxy) is 1. The second-order valence-electron chi connectivity index (χ2n) is 11.4. The highest BCUT2D eigenvalue weighted by atomic mass is 16.5. The Labute approximate surface area is 193 Å². The Morgan fingerprint density at radius 2 is 1.39 bits per heavy atom. The van der Waals surface area contributed by atoms with Crippen LogP contribution in [0.15, 0.2) is 68.9 Å². The molecule has 1 aliphatic carbocycles. The van der Waals surface area contributed by atoms with Crippen molar-refractivity contribution < 1.29 is 13.9 Å². The van der Waals surface area contributed by atoms with Gasteiger partial charge < -0.3 is 9.15 Å². The lowest BCUT2D eigenvalue weighted by Gasteiger charge is -2.42. The van der Waals surface area contributed by atoms with E-state index in [0.717, 1.165) is 33.0 Å². The summed E-state index contributed by atoms with van der Waals surface area (Å²) >= 11 is 0. The smallest absolute Gasteiger partial charge is 0.344 e. The van der Waals surface area contributed by atoms with E-state index < -0.39 is 5.41 Å². The Bertz CT molecular complexity index is 1400. The molecular formula is C29H30O4. The molecule has 2 heterocycles. The third-order valence-corrected chi connectivity index (χ3v) is 6.85. The van der Waals surface area contributed by atoms with Gasteiger partial charge in [-0.25, -0.2) is 4.79 Å².